The van der Waals surface area contributed by atoms with E-state index in [9.17, 15) is 8.42 Å². The summed E-state index contributed by atoms with van der Waals surface area (Å²) in [4.78, 5) is 4.14. The Morgan fingerprint density at radius 3 is 2.32 bits per heavy atom. The normalized spacial score (nSPS) is 11.3. The lowest BCUT2D eigenvalue weighted by atomic mass is 10.0. The van der Waals surface area contributed by atoms with Crippen molar-refractivity contribution in [3.63, 3.8) is 0 Å². The smallest absolute Gasteiger partial charge is 0.236 e. The summed E-state index contributed by atoms with van der Waals surface area (Å²) in [6.07, 6.45) is 3.55. The average molecular weight is 373 g/mol. The molecule has 0 bridgehead atoms. The molecule has 2 aromatic carbocycles. The zero-order valence-corrected chi connectivity index (χ0v) is 15.2. The molecule has 1 aromatic heterocycles. The minimum Gasteiger partial charge on any atom is -0.283 e. The largest absolute Gasteiger partial charge is 0.283 e. The van der Waals surface area contributed by atoms with Crippen LogP contribution in [0.3, 0.4) is 0 Å². The molecule has 0 amide bonds. The lowest BCUT2D eigenvalue weighted by Gasteiger charge is -2.10. The first kappa shape index (κ1) is 17.5. The summed E-state index contributed by atoms with van der Waals surface area (Å²) in [7, 11) is -3.49. The Morgan fingerprint density at radius 2 is 1.68 bits per heavy atom. The van der Waals surface area contributed by atoms with Crippen LogP contribution in [0.5, 0.6) is 0 Å². The molecule has 25 heavy (non-hydrogen) atoms. The van der Waals surface area contributed by atoms with Gasteiger partial charge >= 0.3 is 0 Å². The van der Waals surface area contributed by atoms with Crippen molar-refractivity contribution in [3.8, 4) is 11.1 Å². The average Bonchev–Trinajstić information content (AvgIpc) is 2.58. The second-order valence-electron chi connectivity index (χ2n) is 5.76. The van der Waals surface area contributed by atoms with Crippen LogP contribution in [0.2, 0.25) is 5.02 Å². The lowest BCUT2D eigenvalue weighted by Crippen LogP contribution is -2.14. The topological polar surface area (TPSA) is 59.1 Å². The molecule has 0 atom stereocenters. The zero-order valence-electron chi connectivity index (χ0n) is 13.6. The molecule has 3 rings (SSSR count). The van der Waals surface area contributed by atoms with Crippen molar-refractivity contribution in [2.24, 2.45) is 0 Å². The Hall–Kier alpha value is -2.37. The molecular formula is C19H17ClN2O2S. The fourth-order valence-corrected chi connectivity index (χ4v) is 3.82. The molecule has 6 heteroatoms. The Morgan fingerprint density at radius 1 is 1.00 bits per heavy atom. The first-order chi connectivity index (χ1) is 11.9. The second kappa shape index (κ2) is 7.25. The molecule has 0 saturated carbocycles. The predicted octanol–water partition coefficient (Wildman–Crippen LogP) is 4.65. The van der Waals surface area contributed by atoms with Crippen molar-refractivity contribution < 1.29 is 8.42 Å². The highest BCUT2D eigenvalue weighted by atomic mass is 35.5. The molecule has 0 aliphatic carbocycles. The highest BCUT2D eigenvalue weighted by molar-refractivity contribution is 7.91. The summed E-state index contributed by atoms with van der Waals surface area (Å²) in [5.74, 6) is -0.104. The van der Waals surface area contributed by atoms with Crippen molar-refractivity contribution in [2.75, 3.05) is 4.72 Å². The molecule has 0 unspecified atom stereocenters. The van der Waals surface area contributed by atoms with Gasteiger partial charge in [0, 0.05) is 28.7 Å². The number of nitrogens with zero attached hydrogens (tertiary/aromatic N) is 1. The van der Waals surface area contributed by atoms with Crippen molar-refractivity contribution in [1.82, 2.24) is 4.98 Å². The van der Waals surface area contributed by atoms with Crippen LogP contribution < -0.4 is 4.72 Å². The number of rotatable bonds is 5. The maximum Gasteiger partial charge on any atom is 0.236 e. The van der Waals surface area contributed by atoms with Gasteiger partial charge in [-0.3, -0.25) is 9.71 Å². The molecule has 0 spiro atoms. The predicted molar refractivity (Wildman–Crippen MR) is 102 cm³/mol. The molecule has 0 fully saturated rings. The molecule has 0 radical (unpaired) electrons. The summed E-state index contributed by atoms with van der Waals surface area (Å²) in [6, 6.07) is 16.0. The number of aromatic nitrogens is 1. The van der Waals surface area contributed by atoms with Gasteiger partial charge in [0.15, 0.2) is 0 Å². The van der Waals surface area contributed by atoms with Gasteiger partial charge in [-0.05, 0) is 53.9 Å². The third kappa shape index (κ3) is 4.59. The number of nitrogens with one attached hydrogen (secondary N) is 1. The number of anilines is 1. The molecular weight excluding hydrogens is 356 g/mol. The van der Waals surface area contributed by atoms with E-state index in [4.69, 9.17) is 11.6 Å². The van der Waals surface area contributed by atoms with Gasteiger partial charge in [0.2, 0.25) is 10.0 Å². The van der Waals surface area contributed by atoms with E-state index in [1.165, 1.54) is 0 Å². The van der Waals surface area contributed by atoms with Crippen LogP contribution in [0, 0.1) is 6.92 Å². The SMILES string of the molecule is Cc1ccncc1-c1ccc(NS(=O)(=O)Cc2ccc(Cl)cc2)cc1. The van der Waals surface area contributed by atoms with E-state index < -0.39 is 10.0 Å². The van der Waals surface area contributed by atoms with E-state index in [0.717, 1.165) is 16.7 Å². The summed E-state index contributed by atoms with van der Waals surface area (Å²) in [5.41, 5.74) is 4.34. The molecule has 4 nitrogen and oxygen atoms in total. The number of pyridine rings is 1. The number of hydrogen-bond donors (Lipinski definition) is 1. The maximum absolute atomic E-state index is 12.3. The van der Waals surface area contributed by atoms with Gasteiger partial charge in [-0.2, -0.15) is 0 Å². The summed E-state index contributed by atoms with van der Waals surface area (Å²) in [6.45, 7) is 2.01. The van der Waals surface area contributed by atoms with Gasteiger partial charge in [0.05, 0.1) is 5.75 Å². The van der Waals surface area contributed by atoms with Crippen LogP contribution in [0.1, 0.15) is 11.1 Å². The fraction of sp³-hybridized carbons (Fsp3) is 0.105. The fourth-order valence-electron chi connectivity index (χ4n) is 2.50. The van der Waals surface area contributed by atoms with E-state index in [0.29, 0.717) is 16.3 Å². The summed E-state index contributed by atoms with van der Waals surface area (Å²) in [5, 5.41) is 0.579. The van der Waals surface area contributed by atoms with Gasteiger partial charge in [-0.1, -0.05) is 35.9 Å². The van der Waals surface area contributed by atoms with Crippen molar-refractivity contribution in [1.29, 1.82) is 0 Å². The number of aryl methyl sites for hydroxylation is 1. The first-order valence-corrected chi connectivity index (χ1v) is 9.72. The number of sulfonamides is 1. The van der Waals surface area contributed by atoms with Gasteiger partial charge in [0.1, 0.15) is 0 Å². The van der Waals surface area contributed by atoms with Crippen LogP contribution in [-0.2, 0) is 15.8 Å². The number of halogens is 1. The highest BCUT2D eigenvalue weighted by Gasteiger charge is 2.12. The standard InChI is InChI=1S/C19H17ClN2O2S/c1-14-10-11-21-12-19(14)16-4-8-18(9-5-16)22-25(23,24)13-15-2-6-17(20)7-3-15/h2-12,22H,13H2,1H3. The zero-order chi connectivity index (χ0) is 17.9. The Balaban J connectivity index is 1.74. The van der Waals surface area contributed by atoms with Gasteiger partial charge in [-0.15, -0.1) is 0 Å². The molecule has 0 saturated heterocycles. The third-order valence-electron chi connectivity index (χ3n) is 3.78. The van der Waals surface area contributed by atoms with Crippen LogP contribution >= 0.6 is 11.6 Å². The van der Waals surface area contributed by atoms with Gasteiger partial charge in [-0.25, -0.2) is 8.42 Å². The highest BCUT2D eigenvalue weighted by Crippen LogP contribution is 2.24. The summed E-state index contributed by atoms with van der Waals surface area (Å²) < 4.78 is 27.2. The van der Waals surface area contributed by atoms with Crippen LogP contribution in [0.15, 0.2) is 67.0 Å². The van der Waals surface area contributed by atoms with E-state index in [-0.39, 0.29) is 5.75 Å². The number of benzene rings is 2. The monoisotopic (exact) mass is 372 g/mol. The molecule has 0 aliphatic rings. The molecule has 0 aliphatic heterocycles. The second-order valence-corrected chi connectivity index (χ2v) is 7.91. The Labute approximate surface area is 152 Å². The van der Waals surface area contributed by atoms with Crippen molar-refractivity contribution in [3.05, 3.63) is 83.1 Å². The molecule has 1 N–H and O–H groups in total. The van der Waals surface area contributed by atoms with E-state index in [2.05, 4.69) is 9.71 Å². The number of hydrogen-bond acceptors (Lipinski definition) is 3. The molecule has 3 aromatic rings. The quantitative estimate of drug-likeness (QED) is 0.709. The first-order valence-electron chi connectivity index (χ1n) is 7.69. The van der Waals surface area contributed by atoms with E-state index in [1.807, 2.05) is 25.1 Å². The van der Waals surface area contributed by atoms with Crippen LogP contribution in [0.25, 0.3) is 11.1 Å². The minimum atomic E-state index is -3.49. The van der Waals surface area contributed by atoms with Crippen molar-refractivity contribution >= 4 is 27.3 Å². The van der Waals surface area contributed by atoms with Gasteiger partial charge < -0.3 is 0 Å². The Bertz CT molecular complexity index is 969. The summed E-state index contributed by atoms with van der Waals surface area (Å²) >= 11 is 5.82. The third-order valence-corrected chi connectivity index (χ3v) is 5.29. The van der Waals surface area contributed by atoms with Crippen molar-refractivity contribution in [2.45, 2.75) is 12.7 Å². The lowest BCUT2D eigenvalue weighted by molar-refractivity contribution is 0.600. The van der Waals surface area contributed by atoms with E-state index >= 15 is 0 Å². The maximum atomic E-state index is 12.3. The minimum absolute atomic E-state index is 0.104. The van der Waals surface area contributed by atoms with Crippen LogP contribution in [-0.4, -0.2) is 13.4 Å². The van der Waals surface area contributed by atoms with Crippen LogP contribution in [0.4, 0.5) is 5.69 Å². The Kier molecular flexibility index (Phi) is 5.06. The molecule has 128 valence electrons. The van der Waals surface area contributed by atoms with E-state index in [1.54, 1.807) is 48.8 Å². The molecule has 1 heterocycles. The van der Waals surface area contributed by atoms with Gasteiger partial charge in [0.25, 0.3) is 0 Å².